The average Bonchev–Trinajstić information content (AvgIpc) is 3.06. The van der Waals surface area contributed by atoms with Gasteiger partial charge in [-0.15, -0.1) is 0 Å². The molecule has 154 valence electrons. The van der Waals surface area contributed by atoms with Crippen LogP contribution in [-0.2, 0) is 19.0 Å². The second-order valence-corrected chi connectivity index (χ2v) is 7.64. The number of fused-ring (bicyclic) bond motifs is 1. The Kier molecular flexibility index (Phi) is 6.69. The molecule has 28 heavy (non-hydrogen) atoms. The van der Waals surface area contributed by atoms with E-state index in [4.69, 9.17) is 19.9 Å². The van der Waals surface area contributed by atoms with Crippen LogP contribution >= 0.6 is 0 Å². The standard InChI is InChI=1S/C21H30N2O5/c1-4-13(2)26-17-10-11-23-12-16(22)19(20(18(17)23)27-14(3)24)28-21(25)15-8-6-5-7-9-15/h5-9,13,16-20H,4,10-12,22H2,1-3H3. The molecular formula is C21H30N2O5. The van der Waals surface area contributed by atoms with Gasteiger partial charge in [0.25, 0.3) is 0 Å². The van der Waals surface area contributed by atoms with Gasteiger partial charge in [0.05, 0.1) is 29.9 Å². The van der Waals surface area contributed by atoms with Crippen molar-refractivity contribution in [1.82, 2.24) is 4.90 Å². The fourth-order valence-corrected chi connectivity index (χ4v) is 4.08. The van der Waals surface area contributed by atoms with Gasteiger partial charge < -0.3 is 19.9 Å². The maximum absolute atomic E-state index is 12.6. The molecule has 0 amide bonds. The third-order valence-electron chi connectivity index (χ3n) is 5.57. The molecule has 0 saturated carbocycles. The zero-order chi connectivity index (χ0) is 20.3. The van der Waals surface area contributed by atoms with Gasteiger partial charge in [-0.3, -0.25) is 9.69 Å². The molecule has 7 nitrogen and oxygen atoms in total. The molecule has 0 aliphatic carbocycles. The van der Waals surface area contributed by atoms with E-state index in [1.165, 1.54) is 6.92 Å². The van der Waals surface area contributed by atoms with E-state index in [1.807, 2.05) is 13.0 Å². The minimum atomic E-state index is -0.723. The van der Waals surface area contributed by atoms with Gasteiger partial charge in [0.1, 0.15) is 0 Å². The quantitative estimate of drug-likeness (QED) is 0.740. The van der Waals surface area contributed by atoms with E-state index in [0.29, 0.717) is 12.1 Å². The van der Waals surface area contributed by atoms with Gasteiger partial charge >= 0.3 is 11.9 Å². The number of rotatable bonds is 6. The van der Waals surface area contributed by atoms with E-state index in [-0.39, 0.29) is 18.2 Å². The smallest absolute Gasteiger partial charge is 0.338 e. The first kappa shape index (κ1) is 20.8. The van der Waals surface area contributed by atoms with E-state index in [1.54, 1.807) is 24.3 Å². The Morgan fingerprint density at radius 3 is 2.57 bits per heavy atom. The maximum Gasteiger partial charge on any atom is 0.338 e. The molecule has 1 aromatic rings. The van der Waals surface area contributed by atoms with Crippen molar-refractivity contribution in [2.24, 2.45) is 5.73 Å². The number of nitrogens with zero attached hydrogens (tertiary/aromatic N) is 1. The summed E-state index contributed by atoms with van der Waals surface area (Å²) in [6, 6.07) is 8.13. The SMILES string of the molecule is CCC(C)OC1CCN2CC(N)C(OC(=O)c3ccccc3)C(OC(C)=O)C12. The molecule has 2 aliphatic heterocycles. The summed E-state index contributed by atoms with van der Waals surface area (Å²) < 4.78 is 17.6. The normalized spacial score (nSPS) is 31.1. The van der Waals surface area contributed by atoms with E-state index in [9.17, 15) is 9.59 Å². The number of carbonyl (C=O) groups excluding carboxylic acids is 2. The first-order chi connectivity index (χ1) is 13.4. The lowest BCUT2D eigenvalue weighted by atomic mass is 9.91. The molecule has 2 fully saturated rings. The van der Waals surface area contributed by atoms with Crippen molar-refractivity contribution < 1.29 is 23.8 Å². The third-order valence-corrected chi connectivity index (χ3v) is 5.57. The van der Waals surface area contributed by atoms with E-state index < -0.39 is 30.2 Å². The number of piperidine rings is 1. The Bertz CT molecular complexity index is 683. The zero-order valence-electron chi connectivity index (χ0n) is 16.7. The Morgan fingerprint density at radius 2 is 1.93 bits per heavy atom. The van der Waals surface area contributed by atoms with Crippen molar-refractivity contribution in [2.45, 2.75) is 70.1 Å². The maximum atomic E-state index is 12.6. The Hall–Kier alpha value is -1.96. The molecule has 6 atom stereocenters. The lowest BCUT2D eigenvalue weighted by Crippen LogP contribution is -2.66. The Balaban J connectivity index is 1.83. The molecule has 0 radical (unpaired) electrons. The highest BCUT2D eigenvalue weighted by Gasteiger charge is 2.52. The number of hydrogen-bond acceptors (Lipinski definition) is 7. The highest BCUT2D eigenvalue weighted by molar-refractivity contribution is 5.89. The molecule has 7 heteroatoms. The van der Waals surface area contributed by atoms with E-state index in [2.05, 4.69) is 11.8 Å². The van der Waals surface area contributed by atoms with Gasteiger partial charge in [0.15, 0.2) is 12.2 Å². The molecule has 0 aromatic heterocycles. The van der Waals surface area contributed by atoms with Crippen LogP contribution in [0, 0.1) is 0 Å². The summed E-state index contributed by atoms with van der Waals surface area (Å²) in [5.41, 5.74) is 6.79. The molecule has 6 unspecified atom stereocenters. The van der Waals surface area contributed by atoms with Crippen LogP contribution in [0.5, 0.6) is 0 Å². The van der Waals surface area contributed by atoms with Crippen molar-refractivity contribution >= 4 is 11.9 Å². The predicted octanol–water partition coefficient (Wildman–Crippen LogP) is 1.74. The van der Waals surface area contributed by atoms with Crippen LogP contribution in [0.15, 0.2) is 30.3 Å². The topological polar surface area (TPSA) is 91.1 Å². The second-order valence-electron chi connectivity index (χ2n) is 7.64. The van der Waals surface area contributed by atoms with Crippen LogP contribution in [0.4, 0.5) is 0 Å². The number of esters is 2. The predicted molar refractivity (Wildman–Crippen MR) is 104 cm³/mol. The number of hydrogen-bond donors (Lipinski definition) is 1. The average molecular weight is 390 g/mol. The van der Waals surface area contributed by atoms with E-state index in [0.717, 1.165) is 19.4 Å². The summed E-state index contributed by atoms with van der Waals surface area (Å²) >= 11 is 0. The fourth-order valence-electron chi connectivity index (χ4n) is 4.08. The van der Waals surface area contributed by atoms with Crippen molar-refractivity contribution in [3.05, 3.63) is 35.9 Å². The van der Waals surface area contributed by atoms with Gasteiger partial charge in [0.2, 0.25) is 0 Å². The highest BCUT2D eigenvalue weighted by Crippen LogP contribution is 2.34. The molecule has 0 spiro atoms. The van der Waals surface area contributed by atoms with Crippen LogP contribution in [0.1, 0.15) is 44.0 Å². The minimum absolute atomic E-state index is 0.0928. The summed E-state index contributed by atoms with van der Waals surface area (Å²) in [4.78, 5) is 26.6. The van der Waals surface area contributed by atoms with Crippen molar-refractivity contribution in [1.29, 1.82) is 0 Å². The fraction of sp³-hybridized carbons (Fsp3) is 0.619. The Labute approximate surface area is 166 Å². The first-order valence-corrected chi connectivity index (χ1v) is 9.99. The van der Waals surface area contributed by atoms with Crippen LogP contribution in [0.2, 0.25) is 0 Å². The molecule has 2 heterocycles. The van der Waals surface area contributed by atoms with E-state index >= 15 is 0 Å². The van der Waals surface area contributed by atoms with Crippen LogP contribution in [-0.4, -0.2) is 66.4 Å². The highest BCUT2D eigenvalue weighted by atomic mass is 16.6. The van der Waals surface area contributed by atoms with Gasteiger partial charge in [-0.2, -0.15) is 0 Å². The van der Waals surface area contributed by atoms with Gasteiger partial charge in [-0.1, -0.05) is 25.1 Å². The lowest BCUT2D eigenvalue weighted by Gasteiger charge is -2.45. The molecule has 2 N–H and O–H groups in total. The third kappa shape index (κ3) is 4.54. The molecule has 3 rings (SSSR count). The summed E-state index contributed by atoms with van der Waals surface area (Å²) in [5, 5.41) is 0. The van der Waals surface area contributed by atoms with Gasteiger partial charge in [-0.05, 0) is 31.9 Å². The number of carbonyl (C=O) groups is 2. The minimum Gasteiger partial charge on any atom is -0.457 e. The van der Waals surface area contributed by atoms with Crippen LogP contribution in [0.25, 0.3) is 0 Å². The zero-order valence-corrected chi connectivity index (χ0v) is 16.7. The van der Waals surface area contributed by atoms with Gasteiger partial charge in [-0.25, -0.2) is 4.79 Å². The summed E-state index contributed by atoms with van der Waals surface area (Å²) in [6.07, 6.45) is 0.352. The van der Waals surface area contributed by atoms with Gasteiger partial charge in [0, 0.05) is 20.0 Å². The molecular weight excluding hydrogens is 360 g/mol. The van der Waals surface area contributed by atoms with Crippen LogP contribution in [0.3, 0.4) is 0 Å². The monoisotopic (exact) mass is 390 g/mol. The summed E-state index contributed by atoms with van der Waals surface area (Å²) in [6.45, 7) is 6.85. The molecule has 2 aliphatic rings. The number of ether oxygens (including phenoxy) is 3. The molecule has 2 saturated heterocycles. The molecule has 1 aromatic carbocycles. The largest absolute Gasteiger partial charge is 0.457 e. The summed E-state index contributed by atoms with van der Waals surface area (Å²) in [7, 11) is 0. The van der Waals surface area contributed by atoms with Crippen molar-refractivity contribution in [2.75, 3.05) is 13.1 Å². The first-order valence-electron chi connectivity index (χ1n) is 9.99. The van der Waals surface area contributed by atoms with Crippen LogP contribution < -0.4 is 5.73 Å². The van der Waals surface area contributed by atoms with Crippen molar-refractivity contribution in [3.8, 4) is 0 Å². The second kappa shape index (κ2) is 9.03. The number of nitrogens with two attached hydrogens (primary N) is 1. The summed E-state index contributed by atoms with van der Waals surface area (Å²) in [5.74, 6) is -0.891. The molecule has 0 bridgehead atoms. The lowest BCUT2D eigenvalue weighted by molar-refractivity contribution is -0.172. The Morgan fingerprint density at radius 1 is 1.21 bits per heavy atom. The van der Waals surface area contributed by atoms with Crippen molar-refractivity contribution in [3.63, 3.8) is 0 Å². The number of benzene rings is 1.